The summed E-state index contributed by atoms with van der Waals surface area (Å²) in [5.41, 5.74) is 1.17. The monoisotopic (exact) mass is 187 g/mol. The van der Waals surface area contributed by atoms with Crippen LogP contribution in [-0.2, 0) is 6.42 Å². The molecule has 0 spiro atoms. The van der Waals surface area contributed by atoms with Crippen molar-refractivity contribution in [1.29, 1.82) is 0 Å². The quantitative estimate of drug-likeness (QED) is 0.664. The molecule has 1 aromatic rings. The van der Waals surface area contributed by atoms with Crippen molar-refractivity contribution in [2.24, 2.45) is 0 Å². The lowest BCUT2D eigenvalue weighted by Gasteiger charge is -1.87. The van der Waals surface area contributed by atoms with Gasteiger partial charge < -0.3 is 0 Å². The normalized spacial score (nSPS) is 17.2. The summed E-state index contributed by atoms with van der Waals surface area (Å²) in [6.45, 7) is 0. The van der Waals surface area contributed by atoms with Gasteiger partial charge in [0.2, 0.25) is 0 Å². The number of hydrogen-bond acceptors (Lipinski definition) is 2. The molecular formula is C8H10ClNS. The summed E-state index contributed by atoms with van der Waals surface area (Å²) in [6.07, 6.45) is 3.60. The summed E-state index contributed by atoms with van der Waals surface area (Å²) >= 11 is 7.40. The van der Waals surface area contributed by atoms with Crippen molar-refractivity contribution in [3.05, 3.63) is 16.1 Å². The van der Waals surface area contributed by atoms with E-state index in [4.69, 9.17) is 11.6 Å². The molecule has 0 atom stereocenters. The summed E-state index contributed by atoms with van der Waals surface area (Å²) < 4.78 is 0. The van der Waals surface area contributed by atoms with E-state index in [0.29, 0.717) is 5.88 Å². The standard InChI is InChI=1S/C8H10ClNS/c9-4-3-7-5-11-8(10-7)6-1-2-6/h5-6H,1-4H2. The third-order valence-corrected chi connectivity index (χ3v) is 3.09. The van der Waals surface area contributed by atoms with Gasteiger partial charge in [-0.2, -0.15) is 0 Å². The van der Waals surface area contributed by atoms with Gasteiger partial charge in [0.1, 0.15) is 0 Å². The van der Waals surface area contributed by atoms with Crippen molar-refractivity contribution in [2.75, 3.05) is 5.88 Å². The molecule has 1 nitrogen and oxygen atoms in total. The Morgan fingerprint density at radius 2 is 2.45 bits per heavy atom. The summed E-state index contributed by atoms with van der Waals surface area (Å²) in [4.78, 5) is 4.50. The van der Waals surface area contributed by atoms with Gasteiger partial charge in [0, 0.05) is 23.6 Å². The fourth-order valence-electron chi connectivity index (χ4n) is 1.05. The molecule has 0 aliphatic heterocycles. The molecule has 1 fully saturated rings. The first-order chi connectivity index (χ1) is 5.40. The lowest BCUT2D eigenvalue weighted by atomic mass is 10.4. The van der Waals surface area contributed by atoms with Crippen molar-refractivity contribution in [3.63, 3.8) is 0 Å². The first-order valence-corrected chi connectivity index (χ1v) is 5.32. The molecule has 1 aliphatic rings. The predicted molar refractivity (Wildman–Crippen MR) is 48.5 cm³/mol. The van der Waals surface area contributed by atoms with E-state index in [1.54, 1.807) is 11.3 Å². The van der Waals surface area contributed by atoms with Crippen LogP contribution in [-0.4, -0.2) is 10.9 Å². The summed E-state index contributed by atoms with van der Waals surface area (Å²) in [7, 11) is 0. The van der Waals surface area contributed by atoms with Crippen molar-refractivity contribution in [2.45, 2.75) is 25.2 Å². The average Bonchev–Trinajstić information content (AvgIpc) is 2.75. The molecule has 0 unspecified atom stereocenters. The Bertz CT molecular complexity index is 242. The van der Waals surface area contributed by atoms with Crippen LogP contribution in [0.15, 0.2) is 5.38 Å². The second kappa shape index (κ2) is 3.11. The van der Waals surface area contributed by atoms with Gasteiger partial charge in [0.15, 0.2) is 0 Å². The molecule has 0 amide bonds. The van der Waals surface area contributed by atoms with Gasteiger partial charge >= 0.3 is 0 Å². The van der Waals surface area contributed by atoms with E-state index in [1.807, 2.05) is 0 Å². The molecule has 0 aromatic carbocycles. The highest BCUT2D eigenvalue weighted by Gasteiger charge is 2.26. The minimum absolute atomic E-state index is 0.688. The van der Waals surface area contributed by atoms with Gasteiger partial charge in [-0.25, -0.2) is 4.98 Å². The summed E-state index contributed by atoms with van der Waals surface area (Å²) in [5.74, 6) is 1.48. The van der Waals surface area contributed by atoms with E-state index in [9.17, 15) is 0 Å². The van der Waals surface area contributed by atoms with E-state index in [-0.39, 0.29) is 0 Å². The molecule has 1 aliphatic carbocycles. The van der Waals surface area contributed by atoms with Crippen molar-refractivity contribution in [1.82, 2.24) is 4.98 Å². The number of thiazole rings is 1. The van der Waals surface area contributed by atoms with Gasteiger partial charge in [-0.05, 0) is 12.8 Å². The number of aromatic nitrogens is 1. The maximum atomic E-state index is 5.61. The predicted octanol–water partition coefficient (Wildman–Crippen LogP) is 2.80. The third-order valence-electron chi connectivity index (χ3n) is 1.85. The van der Waals surface area contributed by atoms with Gasteiger partial charge in [0.25, 0.3) is 0 Å². The molecule has 1 heterocycles. The van der Waals surface area contributed by atoms with Gasteiger partial charge in [-0.15, -0.1) is 22.9 Å². The largest absolute Gasteiger partial charge is 0.246 e. The zero-order valence-corrected chi connectivity index (χ0v) is 7.79. The van der Waals surface area contributed by atoms with Crippen molar-refractivity contribution in [3.8, 4) is 0 Å². The molecule has 3 heteroatoms. The highest BCUT2D eigenvalue weighted by Crippen LogP contribution is 2.41. The third kappa shape index (κ3) is 1.74. The van der Waals surface area contributed by atoms with Crippen LogP contribution in [0.2, 0.25) is 0 Å². The van der Waals surface area contributed by atoms with E-state index >= 15 is 0 Å². The fraction of sp³-hybridized carbons (Fsp3) is 0.625. The second-order valence-electron chi connectivity index (χ2n) is 2.89. The Morgan fingerprint density at radius 1 is 1.64 bits per heavy atom. The minimum atomic E-state index is 0.688. The minimum Gasteiger partial charge on any atom is -0.246 e. The number of hydrogen-bond donors (Lipinski definition) is 0. The molecule has 0 N–H and O–H groups in total. The van der Waals surface area contributed by atoms with Crippen LogP contribution in [0.5, 0.6) is 0 Å². The van der Waals surface area contributed by atoms with Crippen LogP contribution in [0.1, 0.15) is 29.5 Å². The molecule has 1 saturated carbocycles. The van der Waals surface area contributed by atoms with Crippen LogP contribution in [0.3, 0.4) is 0 Å². The fourth-order valence-corrected chi connectivity index (χ4v) is 2.27. The lowest BCUT2D eigenvalue weighted by Crippen LogP contribution is -1.86. The molecule has 11 heavy (non-hydrogen) atoms. The summed E-state index contributed by atoms with van der Waals surface area (Å²) in [5, 5.41) is 3.46. The van der Waals surface area contributed by atoms with Crippen LogP contribution in [0.4, 0.5) is 0 Å². The molecule has 60 valence electrons. The zero-order chi connectivity index (χ0) is 7.68. The van der Waals surface area contributed by atoms with Gasteiger partial charge in [-0.3, -0.25) is 0 Å². The van der Waals surface area contributed by atoms with Crippen LogP contribution < -0.4 is 0 Å². The Morgan fingerprint density at radius 3 is 3.09 bits per heavy atom. The first-order valence-electron chi connectivity index (χ1n) is 3.90. The van der Waals surface area contributed by atoms with E-state index in [1.165, 1.54) is 23.5 Å². The molecule has 2 rings (SSSR count). The molecule has 0 saturated heterocycles. The van der Waals surface area contributed by atoms with Crippen molar-refractivity contribution >= 4 is 22.9 Å². The SMILES string of the molecule is ClCCc1csc(C2CC2)n1. The van der Waals surface area contributed by atoms with Gasteiger partial charge in [-0.1, -0.05) is 0 Å². The van der Waals surface area contributed by atoms with Crippen LogP contribution in [0.25, 0.3) is 0 Å². The van der Waals surface area contributed by atoms with Crippen molar-refractivity contribution < 1.29 is 0 Å². The zero-order valence-electron chi connectivity index (χ0n) is 6.22. The van der Waals surface area contributed by atoms with E-state index in [0.717, 1.165) is 12.3 Å². The maximum absolute atomic E-state index is 5.61. The molecule has 0 radical (unpaired) electrons. The van der Waals surface area contributed by atoms with Crippen LogP contribution in [0, 0.1) is 0 Å². The average molecular weight is 188 g/mol. The van der Waals surface area contributed by atoms with Crippen LogP contribution >= 0.6 is 22.9 Å². The Labute approximate surface area is 75.4 Å². The number of alkyl halides is 1. The van der Waals surface area contributed by atoms with E-state index in [2.05, 4.69) is 10.4 Å². The lowest BCUT2D eigenvalue weighted by molar-refractivity contribution is 1.00. The molecule has 0 bridgehead atoms. The Kier molecular flexibility index (Phi) is 2.14. The highest BCUT2D eigenvalue weighted by atomic mass is 35.5. The Hall–Kier alpha value is -0.0800. The molecule has 1 aromatic heterocycles. The smallest absolute Gasteiger partial charge is 0.0959 e. The topological polar surface area (TPSA) is 12.9 Å². The number of aryl methyl sites for hydroxylation is 1. The molecular weight excluding hydrogens is 178 g/mol. The van der Waals surface area contributed by atoms with E-state index < -0.39 is 0 Å². The number of rotatable bonds is 3. The first kappa shape index (κ1) is 7.56. The Balaban J connectivity index is 2.06. The highest BCUT2D eigenvalue weighted by molar-refractivity contribution is 7.09. The van der Waals surface area contributed by atoms with Gasteiger partial charge in [0.05, 0.1) is 10.7 Å². The summed E-state index contributed by atoms with van der Waals surface area (Å²) in [6, 6.07) is 0. The maximum Gasteiger partial charge on any atom is 0.0959 e. The number of nitrogens with zero attached hydrogens (tertiary/aromatic N) is 1. The number of halogens is 1. The second-order valence-corrected chi connectivity index (χ2v) is 4.16.